The maximum absolute atomic E-state index is 11.6. The Hall–Kier alpha value is -0.420. The minimum absolute atomic E-state index is 0.0139. The van der Waals surface area contributed by atoms with Gasteiger partial charge >= 0.3 is 13.8 Å². The lowest BCUT2D eigenvalue weighted by Crippen LogP contribution is -2.20. The van der Waals surface area contributed by atoms with Crippen molar-refractivity contribution in [1.82, 2.24) is 0 Å². The summed E-state index contributed by atoms with van der Waals surface area (Å²) in [5.74, 6) is -0.280. The van der Waals surface area contributed by atoms with Crippen LogP contribution >= 0.6 is 7.82 Å². The molecule has 0 aromatic carbocycles. The van der Waals surface area contributed by atoms with Gasteiger partial charge in [0, 0.05) is 6.42 Å². The average Bonchev–Trinajstić information content (AvgIpc) is 3.02. The first-order valence-electron chi connectivity index (χ1n) is 11.3. The predicted molar refractivity (Wildman–Crippen MR) is 111 cm³/mol. The zero-order valence-corrected chi connectivity index (χ0v) is 18.6. The Balaban J connectivity index is 1.77. The van der Waals surface area contributed by atoms with E-state index in [-0.39, 0.29) is 19.2 Å². The van der Waals surface area contributed by atoms with Crippen LogP contribution in [-0.4, -0.2) is 30.2 Å². The molecule has 0 amide bonds. The Morgan fingerprint density at radius 2 is 1.36 bits per heavy atom. The quantitative estimate of drug-likeness (QED) is 0.159. The minimum Gasteiger partial charge on any atom is -0.463 e. The van der Waals surface area contributed by atoms with E-state index in [9.17, 15) is 9.36 Å². The highest BCUT2D eigenvalue weighted by Crippen LogP contribution is 2.49. The monoisotopic (exact) mass is 420 g/mol. The van der Waals surface area contributed by atoms with Crippen LogP contribution in [0.4, 0.5) is 0 Å². The SMILES string of the molecule is CCCCCCCCCCCCCCCCCC(=O)OCC1COP(=O)(O)O1. The first-order valence-corrected chi connectivity index (χ1v) is 12.8. The van der Waals surface area contributed by atoms with Crippen LogP contribution in [0.2, 0.25) is 0 Å². The van der Waals surface area contributed by atoms with Gasteiger partial charge in [-0.2, -0.15) is 0 Å². The largest absolute Gasteiger partial charge is 0.472 e. The van der Waals surface area contributed by atoms with E-state index in [1.165, 1.54) is 77.0 Å². The summed E-state index contributed by atoms with van der Waals surface area (Å²) in [6.07, 6.45) is 19.1. The van der Waals surface area contributed by atoms with Crippen LogP contribution in [0.3, 0.4) is 0 Å². The standard InChI is InChI=1S/C21H41O6P/c1-2-3-4-5-6-7-8-9-10-11-12-13-14-15-16-17-21(22)25-18-20-19-26-28(23,24)27-20/h20H,2-19H2,1H3,(H,23,24). The van der Waals surface area contributed by atoms with Crippen LogP contribution < -0.4 is 0 Å². The molecule has 0 aromatic heterocycles. The van der Waals surface area contributed by atoms with Crippen molar-refractivity contribution in [3.05, 3.63) is 0 Å². The third-order valence-corrected chi connectivity index (χ3v) is 6.16. The number of hydrogen-bond acceptors (Lipinski definition) is 5. The maximum atomic E-state index is 11.6. The van der Waals surface area contributed by atoms with Crippen LogP contribution in [0.15, 0.2) is 0 Å². The van der Waals surface area contributed by atoms with Gasteiger partial charge in [0.2, 0.25) is 0 Å². The molecule has 0 aliphatic carbocycles. The van der Waals surface area contributed by atoms with Crippen LogP contribution in [0.1, 0.15) is 110 Å². The fourth-order valence-electron chi connectivity index (χ4n) is 3.40. The van der Waals surface area contributed by atoms with Gasteiger partial charge in [0.05, 0.1) is 6.61 Å². The number of phosphoric ester groups is 1. The van der Waals surface area contributed by atoms with Gasteiger partial charge in [-0.25, -0.2) is 4.57 Å². The van der Waals surface area contributed by atoms with Crippen molar-refractivity contribution in [2.75, 3.05) is 13.2 Å². The number of rotatable bonds is 18. The summed E-state index contributed by atoms with van der Waals surface area (Å²) >= 11 is 0. The van der Waals surface area contributed by atoms with Crippen molar-refractivity contribution in [2.45, 2.75) is 116 Å². The zero-order valence-electron chi connectivity index (χ0n) is 17.7. The molecule has 0 spiro atoms. The molecule has 1 fully saturated rings. The molecule has 1 aliphatic heterocycles. The van der Waals surface area contributed by atoms with Gasteiger partial charge in [0.1, 0.15) is 12.7 Å². The second-order valence-electron chi connectivity index (χ2n) is 7.87. The normalized spacial score (nSPS) is 21.9. The highest BCUT2D eigenvalue weighted by molar-refractivity contribution is 7.47. The molecular formula is C21H41O6P. The van der Waals surface area contributed by atoms with E-state index in [1.54, 1.807) is 0 Å². The number of unbranched alkanes of at least 4 members (excludes halogenated alkanes) is 14. The molecule has 1 heterocycles. The lowest BCUT2D eigenvalue weighted by Gasteiger charge is -2.08. The van der Waals surface area contributed by atoms with E-state index in [1.807, 2.05) is 0 Å². The van der Waals surface area contributed by atoms with Crippen LogP contribution in [0.25, 0.3) is 0 Å². The molecule has 0 aromatic rings. The van der Waals surface area contributed by atoms with Gasteiger partial charge in [-0.15, -0.1) is 0 Å². The minimum atomic E-state index is -3.90. The highest BCUT2D eigenvalue weighted by Gasteiger charge is 2.35. The molecule has 1 aliphatic rings. The zero-order chi connectivity index (χ0) is 20.5. The number of carbonyl (C=O) groups excluding carboxylic acids is 1. The summed E-state index contributed by atoms with van der Waals surface area (Å²) in [6.45, 7) is 2.22. The molecule has 28 heavy (non-hydrogen) atoms. The van der Waals surface area contributed by atoms with Gasteiger partial charge in [-0.3, -0.25) is 13.8 Å². The second kappa shape index (κ2) is 16.4. The topological polar surface area (TPSA) is 82.1 Å². The van der Waals surface area contributed by atoms with Gasteiger partial charge in [0.25, 0.3) is 0 Å². The Morgan fingerprint density at radius 1 is 0.893 bits per heavy atom. The third kappa shape index (κ3) is 14.6. The summed E-state index contributed by atoms with van der Waals surface area (Å²) in [4.78, 5) is 20.7. The molecule has 1 N–H and O–H groups in total. The maximum Gasteiger partial charge on any atom is 0.472 e. The number of ether oxygens (including phenoxy) is 1. The molecule has 0 saturated carbocycles. The third-order valence-electron chi connectivity index (χ3n) is 5.12. The predicted octanol–water partition coefficient (Wildman–Crippen LogP) is 6.31. The number of carbonyl (C=O) groups is 1. The Kier molecular flexibility index (Phi) is 15.0. The van der Waals surface area contributed by atoms with E-state index in [2.05, 4.69) is 11.4 Å². The van der Waals surface area contributed by atoms with Crippen LogP contribution in [0, 0.1) is 0 Å². The summed E-state index contributed by atoms with van der Waals surface area (Å²) in [7, 11) is -3.90. The van der Waals surface area contributed by atoms with Crippen molar-refractivity contribution in [3.8, 4) is 0 Å². The molecule has 6 nitrogen and oxygen atoms in total. The van der Waals surface area contributed by atoms with Crippen LogP contribution in [0.5, 0.6) is 0 Å². The molecule has 1 rings (SSSR count). The molecule has 2 unspecified atom stereocenters. The molecule has 166 valence electrons. The van der Waals surface area contributed by atoms with Crippen molar-refractivity contribution >= 4 is 13.8 Å². The molecule has 0 bridgehead atoms. The van der Waals surface area contributed by atoms with E-state index in [0.717, 1.165) is 19.3 Å². The fourth-order valence-corrected chi connectivity index (χ4v) is 4.32. The lowest BCUT2D eigenvalue weighted by molar-refractivity contribution is -0.146. The van der Waals surface area contributed by atoms with Crippen molar-refractivity contribution in [3.63, 3.8) is 0 Å². The van der Waals surface area contributed by atoms with E-state index in [0.29, 0.717) is 6.42 Å². The molecule has 0 radical (unpaired) electrons. The lowest BCUT2D eigenvalue weighted by atomic mass is 10.0. The molecule has 2 atom stereocenters. The van der Waals surface area contributed by atoms with Crippen molar-refractivity contribution in [1.29, 1.82) is 0 Å². The summed E-state index contributed by atoms with van der Waals surface area (Å²) in [6, 6.07) is 0. The second-order valence-corrected chi connectivity index (χ2v) is 9.28. The van der Waals surface area contributed by atoms with Crippen LogP contribution in [-0.2, 0) is 23.1 Å². The fraction of sp³-hybridized carbons (Fsp3) is 0.952. The first kappa shape index (κ1) is 25.6. The Morgan fingerprint density at radius 3 is 1.79 bits per heavy atom. The number of phosphoric acid groups is 1. The number of esters is 1. The first-order chi connectivity index (χ1) is 13.5. The average molecular weight is 421 g/mol. The van der Waals surface area contributed by atoms with Gasteiger partial charge < -0.3 is 9.63 Å². The Bertz CT molecular complexity index is 443. The van der Waals surface area contributed by atoms with E-state index < -0.39 is 13.9 Å². The van der Waals surface area contributed by atoms with Crippen molar-refractivity contribution < 1.29 is 28.0 Å². The van der Waals surface area contributed by atoms with Gasteiger partial charge in [-0.1, -0.05) is 96.8 Å². The summed E-state index contributed by atoms with van der Waals surface area (Å²) < 4.78 is 25.4. The van der Waals surface area contributed by atoms with Crippen molar-refractivity contribution in [2.24, 2.45) is 0 Å². The molecule has 7 heteroatoms. The summed E-state index contributed by atoms with van der Waals surface area (Å²) in [5.41, 5.74) is 0. The summed E-state index contributed by atoms with van der Waals surface area (Å²) in [5, 5.41) is 0. The van der Waals surface area contributed by atoms with Gasteiger partial charge in [-0.05, 0) is 6.42 Å². The molecule has 1 saturated heterocycles. The molecular weight excluding hydrogens is 379 g/mol. The van der Waals surface area contributed by atoms with E-state index >= 15 is 0 Å². The Labute approximate surface area is 171 Å². The number of hydrogen-bond donors (Lipinski definition) is 1. The smallest absolute Gasteiger partial charge is 0.463 e. The van der Waals surface area contributed by atoms with E-state index in [4.69, 9.17) is 14.2 Å². The van der Waals surface area contributed by atoms with Gasteiger partial charge in [0.15, 0.2) is 0 Å². The highest BCUT2D eigenvalue weighted by atomic mass is 31.2.